The molecular weight excluding hydrogens is 284 g/mol. The van der Waals surface area contributed by atoms with Crippen LogP contribution in [-0.4, -0.2) is 35.8 Å². The van der Waals surface area contributed by atoms with E-state index in [9.17, 15) is 9.59 Å². The SMILES string of the molecule is CN(C)C(=O)c1ccc(CNC(=O)c2ccc(C#N)nc2)o1. The van der Waals surface area contributed by atoms with E-state index in [1.165, 1.54) is 23.2 Å². The van der Waals surface area contributed by atoms with Gasteiger partial charge in [-0.25, -0.2) is 4.98 Å². The van der Waals surface area contributed by atoms with Gasteiger partial charge in [0.25, 0.3) is 11.8 Å². The number of carbonyl (C=O) groups is 2. The number of nitrogens with zero attached hydrogens (tertiary/aromatic N) is 3. The molecule has 0 bridgehead atoms. The summed E-state index contributed by atoms with van der Waals surface area (Å²) in [5.41, 5.74) is 0.588. The summed E-state index contributed by atoms with van der Waals surface area (Å²) >= 11 is 0. The normalized spacial score (nSPS) is 9.86. The zero-order chi connectivity index (χ0) is 16.1. The maximum Gasteiger partial charge on any atom is 0.289 e. The van der Waals surface area contributed by atoms with Crippen molar-refractivity contribution in [1.29, 1.82) is 5.26 Å². The molecule has 2 rings (SSSR count). The Hall–Kier alpha value is -3.14. The van der Waals surface area contributed by atoms with Gasteiger partial charge >= 0.3 is 0 Å². The Bertz CT molecular complexity index is 726. The van der Waals surface area contributed by atoms with Crippen molar-refractivity contribution in [1.82, 2.24) is 15.2 Å². The monoisotopic (exact) mass is 298 g/mol. The molecule has 2 heterocycles. The first-order chi connectivity index (χ1) is 10.5. The summed E-state index contributed by atoms with van der Waals surface area (Å²) < 4.78 is 5.36. The maximum atomic E-state index is 11.9. The number of nitriles is 1. The number of nitrogens with one attached hydrogen (secondary N) is 1. The van der Waals surface area contributed by atoms with Gasteiger partial charge in [0.1, 0.15) is 17.5 Å². The number of rotatable bonds is 4. The molecule has 112 valence electrons. The van der Waals surface area contributed by atoms with E-state index in [1.807, 2.05) is 6.07 Å². The van der Waals surface area contributed by atoms with E-state index in [4.69, 9.17) is 9.68 Å². The summed E-state index contributed by atoms with van der Waals surface area (Å²) in [6, 6.07) is 8.06. The van der Waals surface area contributed by atoms with Crippen molar-refractivity contribution < 1.29 is 14.0 Å². The van der Waals surface area contributed by atoms with Crippen LogP contribution in [0, 0.1) is 11.3 Å². The fourth-order valence-corrected chi connectivity index (χ4v) is 1.67. The molecule has 2 aromatic rings. The van der Waals surface area contributed by atoms with Gasteiger partial charge in [-0.2, -0.15) is 5.26 Å². The Morgan fingerprint density at radius 2 is 2.09 bits per heavy atom. The highest BCUT2D eigenvalue weighted by Crippen LogP contribution is 2.10. The average molecular weight is 298 g/mol. The fourth-order valence-electron chi connectivity index (χ4n) is 1.67. The van der Waals surface area contributed by atoms with Gasteiger partial charge in [-0.05, 0) is 24.3 Å². The molecule has 0 unspecified atom stereocenters. The van der Waals surface area contributed by atoms with Gasteiger partial charge in [-0.3, -0.25) is 9.59 Å². The topological polar surface area (TPSA) is 99.2 Å². The van der Waals surface area contributed by atoms with Crippen LogP contribution in [0.25, 0.3) is 0 Å². The third-order valence-corrected chi connectivity index (χ3v) is 2.84. The van der Waals surface area contributed by atoms with Gasteiger partial charge in [0.2, 0.25) is 0 Å². The van der Waals surface area contributed by atoms with Crippen LogP contribution in [0.5, 0.6) is 0 Å². The van der Waals surface area contributed by atoms with E-state index in [1.54, 1.807) is 26.2 Å². The first kappa shape index (κ1) is 15.3. The molecule has 2 aromatic heterocycles. The molecule has 0 aliphatic heterocycles. The van der Waals surface area contributed by atoms with Gasteiger partial charge in [0.15, 0.2) is 5.76 Å². The summed E-state index contributed by atoms with van der Waals surface area (Å²) in [6.45, 7) is 0.152. The summed E-state index contributed by atoms with van der Waals surface area (Å²) in [5.74, 6) is 0.109. The Labute approximate surface area is 127 Å². The lowest BCUT2D eigenvalue weighted by Crippen LogP contribution is -2.23. The minimum absolute atomic E-state index is 0.152. The highest BCUT2D eigenvalue weighted by atomic mass is 16.4. The van der Waals surface area contributed by atoms with E-state index in [0.29, 0.717) is 11.3 Å². The van der Waals surface area contributed by atoms with Crippen LogP contribution in [0.2, 0.25) is 0 Å². The van der Waals surface area contributed by atoms with E-state index >= 15 is 0 Å². The Morgan fingerprint density at radius 1 is 1.32 bits per heavy atom. The third kappa shape index (κ3) is 3.49. The van der Waals surface area contributed by atoms with Crippen LogP contribution in [0.3, 0.4) is 0 Å². The van der Waals surface area contributed by atoms with Gasteiger partial charge < -0.3 is 14.6 Å². The van der Waals surface area contributed by atoms with E-state index < -0.39 is 0 Å². The molecule has 0 saturated heterocycles. The molecule has 0 aliphatic carbocycles. The minimum Gasteiger partial charge on any atom is -0.454 e. The molecule has 7 heteroatoms. The van der Waals surface area contributed by atoms with Gasteiger partial charge in [-0.1, -0.05) is 0 Å². The van der Waals surface area contributed by atoms with E-state index in [-0.39, 0.29) is 29.8 Å². The van der Waals surface area contributed by atoms with E-state index in [0.717, 1.165) is 0 Å². The predicted octanol–water partition coefficient (Wildman–Crippen LogP) is 1.18. The molecule has 0 aromatic carbocycles. The zero-order valence-electron chi connectivity index (χ0n) is 12.2. The first-order valence-corrected chi connectivity index (χ1v) is 6.46. The third-order valence-electron chi connectivity index (χ3n) is 2.84. The number of aromatic nitrogens is 1. The van der Waals surface area contributed by atoms with Crippen LogP contribution < -0.4 is 5.32 Å². The molecule has 1 N–H and O–H groups in total. The Balaban J connectivity index is 1.96. The molecule has 0 fully saturated rings. The summed E-state index contributed by atoms with van der Waals surface area (Å²) in [7, 11) is 3.26. The van der Waals surface area contributed by atoms with Gasteiger partial charge in [-0.15, -0.1) is 0 Å². The summed E-state index contributed by atoms with van der Waals surface area (Å²) in [4.78, 5) is 28.8. The molecule has 0 spiro atoms. The number of carbonyl (C=O) groups excluding carboxylic acids is 2. The standard InChI is InChI=1S/C15H14N4O3/c1-19(2)15(21)13-6-5-12(22-13)9-18-14(20)10-3-4-11(7-16)17-8-10/h3-6,8H,9H2,1-2H3,(H,18,20). The fraction of sp³-hybridized carbons (Fsp3) is 0.200. The molecule has 0 saturated carbocycles. The van der Waals surface area contributed by atoms with Crippen LogP contribution in [-0.2, 0) is 6.54 Å². The lowest BCUT2D eigenvalue weighted by Gasteiger charge is -2.07. The zero-order valence-corrected chi connectivity index (χ0v) is 12.2. The second kappa shape index (κ2) is 6.54. The minimum atomic E-state index is -0.339. The molecule has 0 aliphatic rings. The smallest absolute Gasteiger partial charge is 0.289 e. The van der Waals surface area contributed by atoms with Crippen molar-refractivity contribution in [2.24, 2.45) is 0 Å². The van der Waals surface area contributed by atoms with Crippen molar-refractivity contribution in [2.45, 2.75) is 6.54 Å². The number of amides is 2. The molecule has 22 heavy (non-hydrogen) atoms. The number of furan rings is 1. The highest BCUT2D eigenvalue weighted by molar-refractivity contribution is 5.94. The second-order valence-electron chi connectivity index (χ2n) is 4.69. The van der Waals surface area contributed by atoms with Crippen LogP contribution in [0.4, 0.5) is 0 Å². The van der Waals surface area contributed by atoms with Gasteiger partial charge in [0, 0.05) is 20.3 Å². The molecule has 0 atom stereocenters. The van der Waals surface area contributed by atoms with Crippen LogP contribution in [0.1, 0.15) is 32.4 Å². The number of hydrogen-bond donors (Lipinski definition) is 1. The average Bonchev–Trinajstić information content (AvgIpc) is 3.00. The predicted molar refractivity (Wildman–Crippen MR) is 76.8 cm³/mol. The van der Waals surface area contributed by atoms with Crippen LogP contribution >= 0.6 is 0 Å². The first-order valence-electron chi connectivity index (χ1n) is 6.46. The quantitative estimate of drug-likeness (QED) is 0.913. The Morgan fingerprint density at radius 3 is 2.68 bits per heavy atom. The van der Waals surface area contributed by atoms with Crippen molar-refractivity contribution in [2.75, 3.05) is 14.1 Å². The van der Waals surface area contributed by atoms with E-state index in [2.05, 4.69) is 10.3 Å². The largest absolute Gasteiger partial charge is 0.454 e. The van der Waals surface area contributed by atoms with Crippen LogP contribution in [0.15, 0.2) is 34.9 Å². The molecule has 2 amide bonds. The summed E-state index contributed by atoms with van der Waals surface area (Å²) in [6.07, 6.45) is 1.33. The van der Waals surface area contributed by atoms with Crippen molar-refractivity contribution in [3.63, 3.8) is 0 Å². The van der Waals surface area contributed by atoms with Crippen molar-refractivity contribution >= 4 is 11.8 Å². The Kier molecular flexibility index (Phi) is 4.53. The second-order valence-corrected chi connectivity index (χ2v) is 4.69. The maximum absolute atomic E-state index is 11.9. The highest BCUT2D eigenvalue weighted by Gasteiger charge is 2.13. The van der Waals surface area contributed by atoms with Crippen molar-refractivity contribution in [3.05, 3.63) is 53.2 Å². The number of pyridine rings is 1. The lowest BCUT2D eigenvalue weighted by molar-refractivity contribution is 0.0794. The molecular formula is C15H14N4O3. The van der Waals surface area contributed by atoms with Crippen molar-refractivity contribution in [3.8, 4) is 6.07 Å². The summed E-state index contributed by atoms with van der Waals surface area (Å²) in [5, 5.41) is 11.3. The van der Waals surface area contributed by atoms with Gasteiger partial charge in [0.05, 0.1) is 12.1 Å². The number of hydrogen-bond acceptors (Lipinski definition) is 5. The lowest BCUT2D eigenvalue weighted by atomic mass is 10.2. The molecule has 0 radical (unpaired) electrons. The molecule has 7 nitrogen and oxygen atoms in total.